The van der Waals surface area contributed by atoms with Gasteiger partial charge in [0.25, 0.3) is 0 Å². The number of hydrogen-bond acceptors (Lipinski definition) is 4. The highest BCUT2D eigenvalue weighted by Crippen LogP contribution is 2.20. The fraction of sp³-hybridized carbons (Fsp3) is 0.125. The molecule has 2 nitrogen and oxygen atoms in total. The van der Waals surface area contributed by atoms with E-state index in [4.69, 9.17) is 0 Å². The quantitative estimate of drug-likeness (QED) is 0.445. The topological polar surface area (TPSA) is 25.8 Å². The van der Waals surface area contributed by atoms with Crippen LogP contribution < -0.4 is 0 Å². The van der Waals surface area contributed by atoms with Crippen LogP contribution in [0.15, 0.2) is 48.5 Å². The first kappa shape index (κ1) is 13.2. The third-order valence-electron chi connectivity index (χ3n) is 2.80. The Labute approximate surface area is 125 Å². The van der Waals surface area contributed by atoms with Gasteiger partial charge in [0.1, 0.15) is 0 Å². The minimum Gasteiger partial charge on any atom is -0.242 e. The van der Waals surface area contributed by atoms with Crippen molar-refractivity contribution in [3.05, 3.63) is 58.5 Å². The van der Waals surface area contributed by atoms with E-state index in [0.29, 0.717) is 0 Å². The molecule has 0 aliphatic heterocycles. The Bertz CT molecular complexity index is 708. The molecule has 0 atom stereocenters. The molecule has 0 N–H and O–H groups in total. The number of aromatic nitrogens is 2. The third kappa shape index (κ3) is 2.86. The first-order valence-electron chi connectivity index (χ1n) is 6.37. The van der Waals surface area contributed by atoms with Crippen LogP contribution in [0.3, 0.4) is 0 Å². The molecule has 4 aromatic rings. The maximum absolute atomic E-state index is 4.33. The summed E-state index contributed by atoms with van der Waals surface area (Å²) in [5.41, 5.74) is 2.23. The maximum Gasteiger partial charge on any atom is 0.0907 e. The largest absolute Gasteiger partial charge is 0.242 e. The van der Waals surface area contributed by atoms with Crippen LogP contribution in [0.1, 0.15) is 10.0 Å². The first-order valence-corrected chi connectivity index (χ1v) is 8.00. The normalized spacial score (nSPS) is 10.5. The van der Waals surface area contributed by atoms with E-state index < -0.39 is 0 Å². The Balaban J connectivity index is 0.000000121. The molecule has 0 fully saturated rings. The predicted octanol–water partition coefficient (Wildman–Crippen LogP) is 5.21. The smallest absolute Gasteiger partial charge is 0.0907 e. The number of rotatable bonds is 0. The van der Waals surface area contributed by atoms with Gasteiger partial charge in [-0.25, -0.2) is 9.97 Å². The van der Waals surface area contributed by atoms with Gasteiger partial charge in [-0.05, 0) is 38.1 Å². The summed E-state index contributed by atoms with van der Waals surface area (Å²) in [6, 6.07) is 16.4. The van der Waals surface area contributed by atoms with Gasteiger partial charge in [0.15, 0.2) is 0 Å². The lowest BCUT2D eigenvalue weighted by Crippen LogP contribution is -1.65. The molecule has 0 saturated carbocycles. The minimum atomic E-state index is 1.12. The Morgan fingerprint density at radius 1 is 0.650 bits per heavy atom. The average Bonchev–Trinajstić information content (AvgIpc) is 2.99. The molecule has 20 heavy (non-hydrogen) atoms. The van der Waals surface area contributed by atoms with E-state index in [1.54, 1.807) is 22.7 Å². The second kappa shape index (κ2) is 5.69. The van der Waals surface area contributed by atoms with Crippen molar-refractivity contribution in [2.75, 3.05) is 0 Å². The lowest BCUT2D eigenvalue weighted by atomic mass is 10.3. The van der Waals surface area contributed by atoms with Gasteiger partial charge >= 0.3 is 0 Å². The maximum atomic E-state index is 4.33. The Morgan fingerprint density at radius 3 is 1.45 bits per heavy atom. The lowest BCUT2D eigenvalue weighted by molar-refractivity contribution is 1.35. The Hall–Kier alpha value is -1.78. The van der Waals surface area contributed by atoms with E-state index in [1.165, 1.54) is 9.40 Å². The molecule has 2 aromatic heterocycles. The van der Waals surface area contributed by atoms with Gasteiger partial charge in [-0.3, -0.25) is 0 Å². The minimum absolute atomic E-state index is 1.12. The summed E-state index contributed by atoms with van der Waals surface area (Å²) < 4.78 is 2.56. The van der Waals surface area contributed by atoms with Gasteiger partial charge < -0.3 is 0 Å². The van der Waals surface area contributed by atoms with Gasteiger partial charge in [-0.15, -0.1) is 22.7 Å². The van der Waals surface area contributed by atoms with E-state index in [1.807, 2.05) is 50.2 Å². The Morgan fingerprint density at radius 2 is 1.05 bits per heavy atom. The van der Waals surface area contributed by atoms with Crippen molar-refractivity contribution >= 4 is 43.1 Å². The van der Waals surface area contributed by atoms with E-state index in [0.717, 1.165) is 21.0 Å². The van der Waals surface area contributed by atoms with E-state index in [2.05, 4.69) is 22.1 Å². The number of nitrogens with zero attached hydrogens (tertiary/aromatic N) is 2. The first-order chi connectivity index (χ1) is 9.72. The van der Waals surface area contributed by atoms with Crippen LogP contribution in [0.25, 0.3) is 20.4 Å². The van der Waals surface area contributed by atoms with Crippen molar-refractivity contribution in [1.29, 1.82) is 0 Å². The van der Waals surface area contributed by atoms with Crippen LogP contribution in [-0.2, 0) is 0 Å². The molecule has 4 heteroatoms. The summed E-state index contributed by atoms with van der Waals surface area (Å²) in [5.74, 6) is 0. The van der Waals surface area contributed by atoms with Crippen LogP contribution in [0, 0.1) is 13.8 Å². The molecule has 2 aromatic carbocycles. The SMILES string of the molecule is Cc1nc2ccccc2s1.Cc1nc2ccccc2s1. The highest BCUT2D eigenvalue weighted by molar-refractivity contribution is 7.18. The summed E-state index contributed by atoms with van der Waals surface area (Å²) in [5, 5.41) is 2.28. The van der Waals surface area contributed by atoms with Gasteiger partial charge in [0.2, 0.25) is 0 Å². The fourth-order valence-electron chi connectivity index (χ4n) is 1.97. The monoisotopic (exact) mass is 298 g/mol. The molecular formula is C16H14N2S2. The number of hydrogen-bond donors (Lipinski definition) is 0. The standard InChI is InChI=1S/2C8H7NS/c2*1-6-9-7-4-2-3-5-8(7)10-6/h2*2-5H,1H3. The molecule has 0 aliphatic rings. The molecule has 4 rings (SSSR count). The van der Waals surface area contributed by atoms with Crippen LogP contribution in [-0.4, -0.2) is 9.97 Å². The zero-order valence-corrected chi connectivity index (χ0v) is 13.0. The summed E-state index contributed by atoms with van der Waals surface area (Å²) in [6.45, 7) is 4.06. The van der Waals surface area contributed by atoms with Gasteiger partial charge in [-0.2, -0.15) is 0 Å². The van der Waals surface area contributed by atoms with Crippen molar-refractivity contribution in [3.63, 3.8) is 0 Å². The molecule has 0 spiro atoms. The molecule has 0 saturated heterocycles. The molecule has 0 aliphatic carbocycles. The predicted molar refractivity (Wildman–Crippen MR) is 88.7 cm³/mol. The molecular weight excluding hydrogens is 284 g/mol. The molecule has 0 unspecified atom stereocenters. The van der Waals surface area contributed by atoms with E-state index in [-0.39, 0.29) is 0 Å². The van der Waals surface area contributed by atoms with Crippen LogP contribution >= 0.6 is 22.7 Å². The summed E-state index contributed by atoms with van der Waals surface area (Å²) in [7, 11) is 0. The van der Waals surface area contributed by atoms with E-state index in [9.17, 15) is 0 Å². The average molecular weight is 298 g/mol. The van der Waals surface area contributed by atoms with E-state index >= 15 is 0 Å². The molecule has 2 heterocycles. The van der Waals surface area contributed by atoms with Crippen molar-refractivity contribution in [1.82, 2.24) is 9.97 Å². The Kier molecular flexibility index (Phi) is 3.76. The highest BCUT2D eigenvalue weighted by Gasteiger charge is 1.96. The van der Waals surface area contributed by atoms with Crippen molar-refractivity contribution < 1.29 is 0 Å². The zero-order chi connectivity index (χ0) is 13.9. The molecule has 0 amide bonds. The van der Waals surface area contributed by atoms with Crippen LogP contribution in [0.5, 0.6) is 0 Å². The number of aryl methyl sites for hydroxylation is 2. The zero-order valence-electron chi connectivity index (χ0n) is 11.3. The fourth-order valence-corrected chi connectivity index (χ4v) is 3.63. The highest BCUT2D eigenvalue weighted by atomic mass is 32.1. The third-order valence-corrected chi connectivity index (χ3v) is 4.71. The van der Waals surface area contributed by atoms with Crippen molar-refractivity contribution in [2.45, 2.75) is 13.8 Å². The molecule has 100 valence electrons. The molecule has 0 radical (unpaired) electrons. The number of thiazole rings is 2. The molecule has 0 bridgehead atoms. The lowest BCUT2D eigenvalue weighted by Gasteiger charge is -1.80. The van der Waals surface area contributed by atoms with Crippen molar-refractivity contribution in [2.24, 2.45) is 0 Å². The van der Waals surface area contributed by atoms with Crippen LogP contribution in [0.4, 0.5) is 0 Å². The summed E-state index contributed by atoms with van der Waals surface area (Å²) >= 11 is 3.48. The van der Waals surface area contributed by atoms with Crippen molar-refractivity contribution in [3.8, 4) is 0 Å². The second-order valence-corrected chi connectivity index (χ2v) is 6.87. The summed E-state index contributed by atoms with van der Waals surface area (Å²) in [4.78, 5) is 8.66. The second-order valence-electron chi connectivity index (χ2n) is 4.40. The van der Waals surface area contributed by atoms with Gasteiger partial charge in [0, 0.05) is 0 Å². The van der Waals surface area contributed by atoms with Gasteiger partial charge in [-0.1, -0.05) is 24.3 Å². The number of para-hydroxylation sites is 2. The van der Waals surface area contributed by atoms with Crippen LogP contribution in [0.2, 0.25) is 0 Å². The summed E-state index contributed by atoms with van der Waals surface area (Å²) in [6.07, 6.45) is 0. The van der Waals surface area contributed by atoms with Gasteiger partial charge in [0.05, 0.1) is 30.4 Å². The number of fused-ring (bicyclic) bond motifs is 2. The number of benzene rings is 2.